The first-order chi connectivity index (χ1) is 28.9. The molecule has 4 heterocycles. The van der Waals surface area contributed by atoms with Crippen LogP contribution in [0.25, 0.3) is 55.8 Å². The summed E-state index contributed by atoms with van der Waals surface area (Å²) in [5.74, 6) is 0.998. The molecule has 60 heavy (non-hydrogen) atoms. The van der Waals surface area contributed by atoms with Gasteiger partial charge in [0, 0.05) is 23.9 Å². The molecule has 14 nitrogen and oxygen atoms in total. The van der Waals surface area contributed by atoms with E-state index in [1.807, 2.05) is 49.6 Å². The average Bonchev–Trinajstić information content (AvgIpc) is 4.08. The number of aromatic nitrogens is 4. The van der Waals surface area contributed by atoms with Crippen LogP contribution in [0.5, 0.6) is 0 Å². The van der Waals surface area contributed by atoms with Gasteiger partial charge in [-0.05, 0) is 83.7 Å². The Labute approximate surface area is 348 Å². The molecule has 2 aromatic heterocycles. The number of methoxy groups -OCH3 is 2. The van der Waals surface area contributed by atoms with Crippen LogP contribution in [0.15, 0.2) is 60.7 Å². The number of nitrogens with zero attached hydrogens (tertiary/aromatic N) is 4. The summed E-state index contributed by atoms with van der Waals surface area (Å²) >= 11 is 0. The molecule has 8 rings (SSSR count). The van der Waals surface area contributed by atoms with E-state index < -0.39 is 24.3 Å². The molecule has 4 aromatic carbocycles. The Morgan fingerprint density at radius 2 is 1.07 bits per heavy atom. The van der Waals surface area contributed by atoms with Crippen LogP contribution in [0.4, 0.5) is 9.59 Å². The number of H-pyrrole nitrogens is 2. The molecule has 2 aliphatic heterocycles. The van der Waals surface area contributed by atoms with Gasteiger partial charge in [0.1, 0.15) is 23.7 Å². The van der Waals surface area contributed by atoms with Crippen molar-refractivity contribution in [1.29, 1.82) is 0 Å². The zero-order valence-electron chi connectivity index (χ0n) is 34.9. The summed E-state index contributed by atoms with van der Waals surface area (Å²) in [5, 5.41) is 9.66. The van der Waals surface area contributed by atoms with Crippen molar-refractivity contribution in [3.8, 4) is 0 Å². The summed E-state index contributed by atoms with van der Waals surface area (Å²) in [6.45, 7) is 8.82. The number of likely N-dealkylation sites (tertiary alicyclic amines) is 2. The largest absolute Gasteiger partial charge is 0.453 e. The molecule has 1 unspecified atom stereocenters. The zero-order valence-corrected chi connectivity index (χ0v) is 34.9. The highest BCUT2D eigenvalue weighted by atomic mass is 16.5. The van der Waals surface area contributed by atoms with Gasteiger partial charge in [-0.15, -0.1) is 0 Å². The molecule has 0 aliphatic carbocycles. The highest BCUT2D eigenvalue weighted by molar-refractivity contribution is 6.06. The molecule has 0 bridgehead atoms. The maximum atomic E-state index is 13.7. The predicted molar refractivity (Wildman–Crippen MR) is 232 cm³/mol. The van der Waals surface area contributed by atoms with E-state index in [1.165, 1.54) is 14.2 Å². The Hall–Kier alpha value is -6.44. The van der Waals surface area contributed by atoms with Gasteiger partial charge in [0.2, 0.25) is 11.8 Å². The second-order valence-corrected chi connectivity index (χ2v) is 16.6. The van der Waals surface area contributed by atoms with Crippen molar-refractivity contribution < 1.29 is 28.7 Å². The van der Waals surface area contributed by atoms with Gasteiger partial charge in [0.25, 0.3) is 0 Å². The topological polar surface area (TPSA) is 175 Å². The molecule has 0 saturated carbocycles. The first-order valence-corrected chi connectivity index (χ1v) is 20.8. The van der Waals surface area contributed by atoms with Crippen LogP contribution in [0, 0.1) is 11.8 Å². The monoisotopic (exact) mass is 812 g/mol. The number of hydrogen-bond donors (Lipinski definition) is 4. The lowest BCUT2D eigenvalue weighted by Crippen LogP contribution is -2.51. The molecule has 2 fully saturated rings. The quantitative estimate of drug-likeness (QED) is 0.101. The van der Waals surface area contributed by atoms with Gasteiger partial charge < -0.3 is 39.9 Å². The minimum atomic E-state index is -0.693. The lowest BCUT2D eigenvalue weighted by atomic mass is 10.0. The van der Waals surface area contributed by atoms with E-state index in [-0.39, 0.29) is 35.7 Å². The van der Waals surface area contributed by atoms with Crippen LogP contribution in [0.2, 0.25) is 0 Å². The number of ether oxygens (including phenoxy) is 2. The van der Waals surface area contributed by atoms with Crippen molar-refractivity contribution in [3.63, 3.8) is 0 Å². The number of nitrogens with one attached hydrogen (secondary N) is 4. The zero-order chi connectivity index (χ0) is 42.2. The summed E-state index contributed by atoms with van der Waals surface area (Å²) in [5.41, 5.74) is 5.64. The molecular weight excluding hydrogens is 761 g/mol. The van der Waals surface area contributed by atoms with Gasteiger partial charge in [0.15, 0.2) is 0 Å². The fourth-order valence-electron chi connectivity index (χ4n) is 8.80. The molecule has 0 spiro atoms. The van der Waals surface area contributed by atoms with Gasteiger partial charge in [-0.1, -0.05) is 76.2 Å². The number of benzene rings is 4. The van der Waals surface area contributed by atoms with Crippen LogP contribution in [-0.2, 0) is 19.1 Å². The van der Waals surface area contributed by atoms with Crippen molar-refractivity contribution in [2.24, 2.45) is 11.8 Å². The fraction of sp³-hybridized carbons (Fsp3) is 0.391. The van der Waals surface area contributed by atoms with E-state index in [2.05, 4.69) is 81.3 Å². The molecule has 6 aromatic rings. The third kappa shape index (κ3) is 7.73. The molecule has 4 atom stereocenters. The molecule has 2 saturated heterocycles. The van der Waals surface area contributed by atoms with Crippen molar-refractivity contribution in [2.75, 3.05) is 27.3 Å². The van der Waals surface area contributed by atoms with E-state index in [0.717, 1.165) is 92.1 Å². The lowest BCUT2D eigenvalue weighted by molar-refractivity contribution is -0.136. The van der Waals surface area contributed by atoms with Gasteiger partial charge in [0.05, 0.1) is 48.4 Å². The van der Waals surface area contributed by atoms with Gasteiger partial charge in [-0.3, -0.25) is 9.59 Å². The summed E-state index contributed by atoms with van der Waals surface area (Å²) < 4.78 is 9.57. The Morgan fingerprint density at radius 3 is 1.45 bits per heavy atom. The van der Waals surface area contributed by atoms with Crippen LogP contribution >= 0.6 is 0 Å². The van der Waals surface area contributed by atoms with E-state index in [1.54, 1.807) is 0 Å². The first kappa shape index (κ1) is 40.3. The normalized spacial score (nSPS) is 18.1. The summed E-state index contributed by atoms with van der Waals surface area (Å²) in [7, 11) is 2.59. The van der Waals surface area contributed by atoms with Gasteiger partial charge >= 0.3 is 12.2 Å². The lowest BCUT2D eigenvalue weighted by Gasteiger charge is -2.29. The van der Waals surface area contributed by atoms with E-state index in [4.69, 9.17) is 19.4 Å². The standard InChI is InChI=1S/C46H52N8O6/c1-25(2)37(51-45(57)59-5)43(55)53-21-7-9-35(53)41-47-33-19-15-29-23-27(13-17-31(29)39(33)49-41)11-12-28-14-18-32-30(24-28)16-20-34-40(32)50-42(48-34)36-10-8-22-54(36)44(56)38(26(3)4)52-46(58)60-6/h11-20,23-26,35-38H,7-10,21-22H2,1-6H3,(H,47,49)(H,48,50)(H,51,57)(H,52,58)/t35-,36?,37-,38-/m0/s1. The number of amides is 4. The molecule has 4 amide bonds. The smallest absolute Gasteiger partial charge is 0.407 e. The number of fused-ring (bicyclic) bond motifs is 6. The third-order valence-electron chi connectivity index (χ3n) is 12.0. The summed E-state index contributed by atoms with van der Waals surface area (Å²) in [6.07, 6.45) is 6.23. The molecule has 2 aliphatic rings. The molecular formula is C46H52N8O6. The SMILES string of the molecule is COC(=O)N[C@H](C(=O)N1CCCC1c1nc2ccc3cc(C=Cc4ccc5c(ccc6nc([C@@H]7CCCN7C(=O)[C@@H](NC(=O)OC)C(C)C)[nH]c65)c4)ccc3c2[nH]1)C(C)C. The summed E-state index contributed by atoms with van der Waals surface area (Å²) in [6, 6.07) is 19.1. The Balaban J connectivity index is 0.997. The van der Waals surface area contributed by atoms with Crippen LogP contribution in [0.1, 0.15) is 88.2 Å². The molecule has 14 heteroatoms. The minimum Gasteiger partial charge on any atom is -0.453 e. The maximum Gasteiger partial charge on any atom is 0.407 e. The van der Waals surface area contributed by atoms with Gasteiger partial charge in [-0.25, -0.2) is 19.6 Å². The van der Waals surface area contributed by atoms with Crippen molar-refractivity contribution in [3.05, 3.63) is 83.4 Å². The van der Waals surface area contributed by atoms with E-state index >= 15 is 0 Å². The number of aromatic amines is 2. The highest BCUT2D eigenvalue weighted by Crippen LogP contribution is 2.36. The minimum absolute atomic E-state index is 0.109. The second kappa shape index (κ2) is 16.7. The molecule has 312 valence electrons. The van der Waals surface area contributed by atoms with E-state index in [9.17, 15) is 19.2 Å². The van der Waals surface area contributed by atoms with Crippen LogP contribution in [-0.4, -0.2) is 93.1 Å². The number of carbonyl (C=O) groups excluding carboxylic acids is 4. The highest BCUT2D eigenvalue weighted by Gasteiger charge is 2.39. The first-order valence-electron chi connectivity index (χ1n) is 20.8. The Bertz CT molecular complexity index is 2470. The van der Waals surface area contributed by atoms with E-state index in [0.29, 0.717) is 13.1 Å². The number of hydrogen-bond acceptors (Lipinski definition) is 8. The summed E-state index contributed by atoms with van der Waals surface area (Å²) in [4.78, 5) is 72.1. The Kier molecular flexibility index (Phi) is 11.2. The number of alkyl carbamates (subject to hydrolysis) is 2. The van der Waals surface area contributed by atoms with Gasteiger partial charge in [-0.2, -0.15) is 0 Å². The number of carbonyl (C=O) groups is 4. The van der Waals surface area contributed by atoms with Crippen LogP contribution < -0.4 is 10.6 Å². The van der Waals surface area contributed by atoms with Crippen molar-refractivity contribution >= 4 is 79.8 Å². The Morgan fingerprint density at radius 1 is 0.650 bits per heavy atom. The predicted octanol–water partition coefficient (Wildman–Crippen LogP) is 8.00. The van der Waals surface area contributed by atoms with Crippen molar-refractivity contribution in [2.45, 2.75) is 77.5 Å². The third-order valence-corrected chi connectivity index (χ3v) is 12.0. The maximum absolute atomic E-state index is 13.7. The number of imidazole rings is 2. The molecule has 4 N–H and O–H groups in total. The number of rotatable bonds is 10. The fourth-order valence-corrected chi connectivity index (χ4v) is 8.80. The van der Waals surface area contributed by atoms with Crippen molar-refractivity contribution in [1.82, 2.24) is 40.4 Å². The molecule has 0 radical (unpaired) electrons. The average molecular weight is 813 g/mol. The second-order valence-electron chi connectivity index (χ2n) is 16.6. The van der Waals surface area contributed by atoms with Crippen LogP contribution in [0.3, 0.4) is 0 Å².